The van der Waals surface area contributed by atoms with Crippen molar-refractivity contribution in [2.24, 2.45) is 0 Å². The van der Waals surface area contributed by atoms with Crippen molar-refractivity contribution in [3.8, 4) is 0 Å². The number of nitrogens with zero attached hydrogens (tertiary/aromatic N) is 1. The van der Waals surface area contributed by atoms with Crippen LogP contribution in [0.5, 0.6) is 0 Å². The first-order valence-corrected chi connectivity index (χ1v) is 8.04. The predicted molar refractivity (Wildman–Crippen MR) is 75.6 cm³/mol. The zero-order valence-corrected chi connectivity index (χ0v) is 12.4. The first-order chi connectivity index (χ1) is 10.3. The third-order valence-electron chi connectivity index (χ3n) is 3.68. The van der Waals surface area contributed by atoms with E-state index in [1.807, 2.05) is 0 Å². The lowest BCUT2D eigenvalue weighted by molar-refractivity contribution is 0.432. The van der Waals surface area contributed by atoms with Crippen LogP contribution in [-0.2, 0) is 16.4 Å². The van der Waals surface area contributed by atoms with Crippen molar-refractivity contribution in [3.63, 3.8) is 0 Å². The van der Waals surface area contributed by atoms with Crippen LogP contribution in [0, 0.1) is 17.5 Å². The van der Waals surface area contributed by atoms with E-state index in [4.69, 9.17) is 0 Å². The van der Waals surface area contributed by atoms with Gasteiger partial charge in [-0.1, -0.05) is 18.2 Å². The summed E-state index contributed by atoms with van der Waals surface area (Å²) in [5, 5.41) is 0. The SMILES string of the molecule is CC1Cc2ccccc2N1S(=O)(=O)c1ccc(F)c(F)c1F. The summed E-state index contributed by atoms with van der Waals surface area (Å²) < 4.78 is 66.7. The van der Waals surface area contributed by atoms with Crippen LogP contribution in [0.3, 0.4) is 0 Å². The van der Waals surface area contributed by atoms with Crippen LogP contribution in [-0.4, -0.2) is 14.5 Å². The van der Waals surface area contributed by atoms with E-state index in [9.17, 15) is 21.6 Å². The Labute approximate surface area is 126 Å². The summed E-state index contributed by atoms with van der Waals surface area (Å²) in [6, 6.07) is 7.75. The Kier molecular flexibility index (Phi) is 3.40. The van der Waals surface area contributed by atoms with Gasteiger partial charge in [-0.25, -0.2) is 21.6 Å². The molecule has 0 aromatic heterocycles. The molecule has 1 atom stereocenters. The largest absolute Gasteiger partial charge is 0.267 e. The second-order valence-electron chi connectivity index (χ2n) is 5.16. The summed E-state index contributed by atoms with van der Waals surface area (Å²) in [5.41, 5.74) is 1.24. The number of fused-ring (bicyclic) bond motifs is 1. The summed E-state index contributed by atoms with van der Waals surface area (Å²) in [5.74, 6) is -4.91. The third kappa shape index (κ3) is 2.08. The first kappa shape index (κ1) is 14.9. The summed E-state index contributed by atoms with van der Waals surface area (Å²) in [6.07, 6.45) is 0.473. The molecular formula is C15H12F3NO2S. The summed E-state index contributed by atoms with van der Waals surface area (Å²) in [4.78, 5) is -0.866. The van der Waals surface area contributed by atoms with Crippen molar-refractivity contribution in [1.29, 1.82) is 0 Å². The molecule has 1 aliphatic rings. The molecule has 0 bridgehead atoms. The number of rotatable bonds is 2. The number of anilines is 1. The van der Waals surface area contributed by atoms with Crippen LogP contribution in [0.4, 0.5) is 18.9 Å². The molecule has 22 heavy (non-hydrogen) atoms. The molecule has 0 N–H and O–H groups in total. The van der Waals surface area contributed by atoms with Crippen molar-refractivity contribution in [3.05, 3.63) is 59.4 Å². The number of para-hydroxylation sites is 1. The normalized spacial score (nSPS) is 17.6. The topological polar surface area (TPSA) is 37.4 Å². The van der Waals surface area contributed by atoms with Gasteiger partial charge >= 0.3 is 0 Å². The molecule has 1 unspecified atom stereocenters. The van der Waals surface area contributed by atoms with Crippen LogP contribution in [0.25, 0.3) is 0 Å². The summed E-state index contributed by atoms with van der Waals surface area (Å²) >= 11 is 0. The number of halogens is 3. The van der Waals surface area contributed by atoms with Crippen LogP contribution in [0.2, 0.25) is 0 Å². The maximum Gasteiger partial charge on any atom is 0.267 e. The van der Waals surface area contributed by atoms with Gasteiger partial charge in [0.25, 0.3) is 10.0 Å². The minimum atomic E-state index is -4.32. The molecule has 0 amide bonds. The van der Waals surface area contributed by atoms with E-state index >= 15 is 0 Å². The fourth-order valence-electron chi connectivity index (χ4n) is 2.72. The molecule has 2 aromatic carbocycles. The van der Waals surface area contributed by atoms with Gasteiger partial charge in [0.15, 0.2) is 17.5 Å². The number of hydrogen-bond acceptors (Lipinski definition) is 2. The van der Waals surface area contributed by atoms with Crippen LogP contribution in [0.1, 0.15) is 12.5 Å². The minimum Gasteiger partial charge on any atom is -0.263 e. The van der Waals surface area contributed by atoms with Gasteiger partial charge in [-0.15, -0.1) is 0 Å². The predicted octanol–water partition coefficient (Wildman–Crippen LogP) is 3.24. The highest BCUT2D eigenvalue weighted by atomic mass is 32.2. The maximum atomic E-state index is 13.9. The molecule has 116 valence electrons. The van der Waals surface area contributed by atoms with Gasteiger partial charge in [0, 0.05) is 6.04 Å². The lowest BCUT2D eigenvalue weighted by atomic mass is 10.1. The molecular weight excluding hydrogens is 315 g/mol. The molecule has 2 aromatic rings. The summed E-state index contributed by atoms with van der Waals surface area (Å²) in [6.45, 7) is 1.68. The molecule has 1 heterocycles. The van der Waals surface area contributed by atoms with Crippen LogP contribution < -0.4 is 4.31 Å². The number of sulfonamides is 1. The van der Waals surface area contributed by atoms with E-state index in [2.05, 4.69) is 0 Å². The van der Waals surface area contributed by atoms with Crippen molar-refractivity contribution < 1.29 is 21.6 Å². The van der Waals surface area contributed by atoms with Crippen molar-refractivity contribution in [2.75, 3.05) is 4.31 Å². The van der Waals surface area contributed by atoms with Crippen LogP contribution in [0.15, 0.2) is 41.3 Å². The lowest BCUT2D eigenvalue weighted by Gasteiger charge is -2.24. The molecule has 0 fully saturated rings. The molecule has 1 aliphatic heterocycles. The molecule has 7 heteroatoms. The van der Waals surface area contributed by atoms with Gasteiger partial charge in [-0.2, -0.15) is 0 Å². The Bertz CT molecular complexity index is 852. The van der Waals surface area contributed by atoms with Gasteiger partial charge in [0.2, 0.25) is 0 Å². The number of benzene rings is 2. The standard InChI is InChI=1S/C15H12F3NO2S/c1-9-8-10-4-2-3-5-12(10)19(9)22(20,21)13-7-6-11(16)14(17)15(13)18/h2-7,9H,8H2,1H3. The van der Waals surface area contributed by atoms with Gasteiger partial charge in [0.1, 0.15) is 4.90 Å². The molecule has 3 rings (SSSR count). The van der Waals surface area contributed by atoms with E-state index in [0.29, 0.717) is 18.2 Å². The van der Waals surface area contributed by atoms with E-state index in [0.717, 1.165) is 15.9 Å². The Balaban J connectivity index is 2.18. The van der Waals surface area contributed by atoms with Crippen molar-refractivity contribution in [1.82, 2.24) is 0 Å². The van der Waals surface area contributed by atoms with Gasteiger partial charge in [0.05, 0.1) is 5.69 Å². The highest BCUT2D eigenvalue weighted by Crippen LogP contribution is 2.37. The zero-order chi connectivity index (χ0) is 16.1. The van der Waals surface area contributed by atoms with Crippen molar-refractivity contribution >= 4 is 15.7 Å². The van der Waals surface area contributed by atoms with E-state index in [1.54, 1.807) is 31.2 Å². The molecule has 0 saturated carbocycles. The monoisotopic (exact) mass is 327 g/mol. The van der Waals surface area contributed by atoms with Gasteiger partial charge in [-0.3, -0.25) is 4.31 Å². The Morgan fingerprint density at radius 2 is 1.73 bits per heavy atom. The Morgan fingerprint density at radius 1 is 1.05 bits per heavy atom. The lowest BCUT2D eigenvalue weighted by Crippen LogP contribution is -2.36. The van der Waals surface area contributed by atoms with E-state index in [-0.39, 0.29) is 0 Å². The number of hydrogen-bond donors (Lipinski definition) is 0. The average molecular weight is 327 g/mol. The molecule has 0 saturated heterocycles. The highest BCUT2D eigenvalue weighted by Gasteiger charge is 2.38. The second-order valence-corrected chi connectivity index (χ2v) is 6.94. The average Bonchev–Trinajstić information content (AvgIpc) is 2.80. The summed E-state index contributed by atoms with van der Waals surface area (Å²) in [7, 11) is -4.32. The van der Waals surface area contributed by atoms with E-state index < -0.39 is 38.4 Å². The Hall–Kier alpha value is -2.02. The van der Waals surface area contributed by atoms with Gasteiger partial charge < -0.3 is 0 Å². The van der Waals surface area contributed by atoms with Crippen LogP contribution >= 0.6 is 0 Å². The zero-order valence-electron chi connectivity index (χ0n) is 11.6. The maximum absolute atomic E-state index is 13.9. The molecule has 0 radical (unpaired) electrons. The second kappa shape index (κ2) is 5.01. The molecule has 0 aliphatic carbocycles. The minimum absolute atomic E-state index is 0.430. The highest BCUT2D eigenvalue weighted by molar-refractivity contribution is 7.92. The van der Waals surface area contributed by atoms with Gasteiger partial charge in [-0.05, 0) is 37.1 Å². The fraction of sp³-hybridized carbons (Fsp3) is 0.200. The quantitative estimate of drug-likeness (QED) is 0.794. The smallest absolute Gasteiger partial charge is 0.263 e. The molecule has 0 spiro atoms. The van der Waals surface area contributed by atoms with Crippen molar-refractivity contribution in [2.45, 2.75) is 24.3 Å². The Morgan fingerprint density at radius 3 is 2.45 bits per heavy atom. The first-order valence-electron chi connectivity index (χ1n) is 6.60. The fourth-order valence-corrected chi connectivity index (χ4v) is 4.47. The third-order valence-corrected chi connectivity index (χ3v) is 5.63. The van der Waals surface area contributed by atoms with E-state index in [1.165, 1.54) is 0 Å². The molecule has 3 nitrogen and oxygen atoms in total.